The van der Waals surface area contributed by atoms with Crippen molar-refractivity contribution in [3.63, 3.8) is 0 Å². The Labute approximate surface area is 157 Å². The Bertz CT molecular complexity index is 1120. The Morgan fingerprint density at radius 2 is 1.75 bits per heavy atom. The van der Waals surface area contributed by atoms with Gasteiger partial charge in [0.05, 0.1) is 11.4 Å². The largest absolute Gasteiger partial charge is 0.506 e. The van der Waals surface area contributed by atoms with E-state index in [4.69, 9.17) is 0 Å². The topological polar surface area (TPSA) is 107 Å². The summed E-state index contributed by atoms with van der Waals surface area (Å²) in [5.74, 6) is 3.93. The molecule has 0 bridgehead atoms. The molecule has 0 aliphatic heterocycles. The molecule has 0 aliphatic carbocycles. The van der Waals surface area contributed by atoms with E-state index in [1.54, 1.807) is 24.3 Å². The molecule has 0 saturated carbocycles. The van der Waals surface area contributed by atoms with Gasteiger partial charge in [-0.1, -0.05) is 29.8 Å². The van der Waals surface area contributed by atoms with Gasteiger partial charge in [0, 0.05) is 11.6 Å². The molecule has 7 nitrogen and oxygen atoms in total. The lowest BCUT2D eigenvalue weighted by molar-refractivity contribution is -0.141. The smallest absolute Gasteiger partial charge is 0.435 e. The van der Waals surface area contributed by atoms with E-state index in [0.29, 0.717) is 5.56 Å². The van der Waals surface area contributed by atoms with Gasteiger partial charge >= 0.3 is 16.3 Å². The SMILES string of the molecule is Cc1ccc(-c2cc(C(F)(F)F)nn2-c2ccc(S(=O)(=O)ON)c(O)c2)cc1. The van der Waals surface area contributed by atoms with Crippen LogP contribution >= 0.6 is 0 Å². The van der Waals surface area contributed by atoms with Crippen molar-refractivity contribution < 1.29 is 31.0 Å². The van der Waals surface area contributed by atoms with E-state index in [1.165, 1.54) is 6.07 Å². The normalized spacial score (nSPS) is 12.3. The number of nitrogens with two attached hydrogens (primary N) is 1. The lowest BCUT2D eigenvalue weighted by Gasteiger charge is -2.10. The van der Waals surface area contributed by atoms with Crippen molar-refractivity contribution >= 4 is 10.1 Å². The maximum Gasteiger partial charge on any atom is 0.435 e. The predicted octanol–water partition coefficient (Wildman–Crippen LogP) is 3.15. The quantitative estimate of drug-likeness (QED) is 0.637. The summed E-state index contributed by atoms with van der Waals surface area (Å²) in [6, 6.07) is 10.7. The first kappa shape index (κ1) is 19.9. The van der Waals surface area contributed by atoms with Crippen molar-refractivity contribution in [2.24, 2.45) is 5.90 Å². The van der Waals surface area contributed by atoms with Gasteiger partial charge < -0.3 is 5.11 Å². The molecule has 0 aliphatic rings. The molecule has 0 atom stereocenters. The summed E-state index contributed by atoms with van der Waals surface area (Å²) >= 11 is 0. The lowest BCUT2D eigenvalue weighted by atomic mass is 10.1. The summed E-state index contributed by atoms with van der Waals surface area (Å²) in [6.45, 7) is 1.83. The lowest BCUT2D eigenvalue weighted by Crippen LogP contribution is -2.12. The number of aromatic nitrogens is 2. The summed E-state index contributed by atoms with van der Waals surface area (Å²) in [6.07, 6.45) is -4.69. The number of phenols is 1. The fraction of sp³-hybridized carbons (Fsp3) is 0.118. The number of alkyl halides is 3. The molecule has 2 aromatic carbocycles. The summed E-state index contributed by atoms with van der Waals surface area (Å²) in [5.41, 5.74) is 0.358. The van der Waals surface area contributed by atoms with Crippen LogP contribution in [0.15, 0.2) is 53.4 Å². The van der Waals surface area contributed by atoms with Crippen molar-refractivity contribution in [3.05, 3.63) is 59.8 Å². The van der Waals surface area contributed by atoms with Gasteiger partial charge in [-0.25, -0.2) is 4.68 Å². The van der Waals surface area contributed by atoms with Crippen LogP contribution in [0, 0.1) is 6.92 Å². The van der Waals surface area contributed by atoms with E-state index in [2.05, 4.69) is 15.3 Å². The number of hydrogen-bond donors (Lipinski definition) is 2. The van der Waals surface area contributed by atoms with E-state index >= 15 is 0 Å². The minimum Gasteiger partial charge on any atom is -0.506 e. The maximum absolute atomic E-state index is 13.2. The molecule has 0 fully saturated rings. The van der Waals surface area contributed by atoms with E-state index in [9.17, 15) is 26.7 Å². The van der Waals surface area contributed by atoms with E-state index in [1.807, 2.05) is 6.92 Å². The van der Waals surface area contributed by atoms with Crippen LogP contribution in [-0.2, 0) is 20.6 Å². The van der Waals surface area contributed by atoms with Gasteiger partial charge in [0.15, 0.2) is 5.69 Å². The zero-order valence-corrected chi connectivity index (χ0v) is 15.1. The molecule has 1 aromatic heterocycles. The van der Waals surface area contributed by atoms with Crippen LogP contribution in [0.4, 0.5) is 13.2 Å². The minimum atomic E-state index is -4.69. The molecular weight excluding hydrogens is 399 g/mol. The van der Waals surface area contributed by atoms with Crippen LogP contribution in [0.1, 0.15) is 11.3 Å². The molecule has 0 spiro atoms. The fourth-order valence-electron chi connectivity index (χ4n) is 2.55. The highest BCUT2D eigenvalue weighted by Gasteiger charge is 2.35. The molecule has 148 valence electrons. The van der Waals surface area contributed by atoms with Gasteiger partial charge in [-0.2, -0.15) is 36.9 Å². The van der Waals surface area contributed by atoms with Gasteiger partial charge in [0.25, 0.3) is 0 Å². The summed E-state index contributed by atoms with van der Waals surface area (Å²) in [4.78, 5) is -0.626. The van der Waals surface area contributed by atoms with Gasteiger partial charge in [0.2, 0.25) is 0 Å². The molecule has 3 N–H and O–H groups in total. The molecule has 11 heteroatoms. The number of phenolic OH excluding ortho intramolecular Hbond substituents is 1. The molecule has 28 heavy (non-hydrogen) atoms. The number of aryl methyl sites for hydroxylation is 1. The molecule has 0 saturated heterocycles. The fourth-order valence-corrected chi connectivity index (χ4v) is 3.20. The third kappa shape index (κ3) is 3.72. The van der Waals surface area contributed by atoms with Crippen molar-refractivity contribution in [1.29, 1.82) is 0 Å². The van der Waals surface area contributed by atoms with Crippen LogP contribution in [0.25, 0.3) is 16.9 Å². The summed E-state index contributed by atoms with van der Waals surface area (Å²) in [7, 11) is -4.39. The van der Waals surface area contributed by atoms with Gasteiger partial charge in [0.1, 0.15) is 10.6 Å². The van der Waals surface area contributed by atoms with E-state index in [-0.39, 0.29) is 11.4 Å². The van der Waals surface area contributed by atoms with Crippen LogP contribution in [0.2, 0.25) is 0 Å². The second kappa shape index (κ2) is 6.93. The Kier molecular flexibility index (Phi) is 4.91. The van der Waals surface area contributed by atoms with Crippen LogP contribution in [0.3, 0.4) is 0 Å². The number of rotatable bonds is 4. The monoisotopic (exact) mass is 413 g/mol. The highest BCUT2D eigenvalue weighted by Crippen LogP contribution is 2.34. The first-order valence-corrected chi connectivity index (χ1v) is 9.15. The van der Waals surface area contributed by atoms with Crippen molar-refractivity contribution in [3.8, 4) is 22.7 Å². The predicted molar refractivity (Wildman–Crippen MR) is 92.9 cm³/mol. The van der Waals surface area contributed by atoms with Crippen molar-refractivity contribution in [2.45, 2.75) is 18.0 Å². The number of hydrogen-bond acceptors (Lipinski definition) is 6. The average molecular weight is 413 g/mol. The highest BCUT2D eigenvalue weighted by atomic mass is 32.2. The number of benzene rings is 2. The second-order valence-corrected chi connectivity index (χ2v) is 7.43. The van der Waals surface area contributed by atoms with Crippen LogP contribution in [-0.4, -0.2) is 23.3 Å². The van der Waals surface area contributed by atoms with Crippen LogP contribution < -0.4 is 5.90 Å². The zero-order chi connectivity index (χ0) is 20.7. The zero-order valence-electron chi connectivity index (χ0n) is 14.3. The van der Waals surface area contributed by atoms with E-state index in [0.717, 1.165) is 28.4 Å². The standard InChI is InChI=1S/C17H14F3N3O4S/c1-10-2-4-11(5-3-10)13-9-16(17(18,19)20)22-23(13)12-6-7-15(14(24)8-12)28(25,26)27-21/h2-9,24H,21H2,1H3. The molecular formula is C17H14F3N3O4S. The highest BCUT2D eigenvalue weighted by molar-refractivity contribution is 7.86. The average Bonchev–Trinajstić information content (AvgIpc) is 3.08. The Morgan fingerprint density at radius 3 is 2.29 bits per heavy atom. The summed E-state index contributed by atoms with van der Waals surface area (Å²) < 4.78 is 67.7. The van der Waals surface area contributed by atoms with Gasteiger partial charge in [-0.05, 0) is 25.1 Å². The van der Waals surface area contributed by atoms with Gasteiger partial charge in [-0.3, -0.25) is 0 Å². The van der Waals surface area contributed by atoms with Crippen molar-refractivity contribution in [1.82, 2.24) is 9.78 Å². The van der Waals surface area contributed by atoms with E-state index < -0.39 is 32.6 Å². The van der Waals surface area contributed by atoms with Gasteiger partial charge in [-0.15, -0.1) is 0 Å². The summed E-state index contributed by atoms with van der Waals surface area (Å²) in [5, 5.41) is 13.6. The Hall–Kier alpha value is -2.89. The van der Waals surface area contributed by atoms with Crippen molar-refractivity contribution in [2.75, 3.05) is 0 Å². The number of halogens is 3. The number of aromatic hydroxyl groups is 1. The Balaban J connectivity index is 2.19. The second-order valence-electron chi connectivity index (χ2n) is 5.89. The molecule has 1 heterocycles. The molecule has 0 amide bonds. The third-order valence-corrected chi connectivity index (χ3v) is 5.07. The molecule has 0 unspecified atom stereocenters. The third-order valence-electron chi connectivity index (χ3n) is 3.93. The molecule has 3 aromatic rings. The Morgan fingerprint density at radius 1 is 1.11 bits per heavy atom. The molecule has 3 rings (SSSR count). The number of nitrogens with zero attached hydrogens (tertiary/aromatic N) is 2. The minimum absolute atomic E-state index is 0.0135. The maximum atomic E-state index is 13.2. The first-order chi connectivity index (χ1) is 13.0. The van der Waals surface area contributed by atoms with Crippen LogP contribution in [0.5, 0.6) is 5.75 Å². The first-order valence-electron chi connectivity index (χ1n) is 7.74. The molecule has 0 radical (unpaired) electrons.